The van der Waals surface area contributed by atoms with Gasteiger partial charge in [0.2, 0.25) is 0 Å². The van der Waals surface area contributed by atoms with Gasteiger partial charge >= 0.3 is 0 Å². The predicted molar refractivity (Wildman–Crippen MR) is 66.3 cm³/mol. The Morgan fingerprint density at radius 2 is 2.11 bits per heavy atom. The van der Waals surface area contributed by atoms with Crippen molar-refractivity contribution in [1.82, 2.24) is 24.6 Å². The van der Waals surface area contributed by atoms with Gasteiger partial charge in [0.1, 0.15) is 17.0 Å². The van der Waals surface area contributed by atoms with Crippen molar-refractivity contribution >= 4 is 5.52 Å². The van der Waals surface area contributed by atoms with Gasteiger partial charge in [0.25, 0.3) is 0 Å². The summed E-state index contributed by atoms with van der Waals surface area (Å²) in [5.41, 5.74) is 2.18. The van der Waals surface area contributed by atoms with E-state index in [1.165, 1.54) is 0 Å². The summed E-state index contributed by atoms with van der Waals surface area (Å²) in [6.45, 7) is 4.07. The molecule has 0 radical (unpaired) electrons. The van der Waals surface area contributed by atoms with Crippen LogP contribution in [0.15, 0.2) is 30.7 Å². The highest BCUT2D eigenvalue weighted by atomic mass is 16.3. The third-order valence-corrected chi connectivity index (χ3v) is 2.82. The molecular formula is C12H13N5O. The fraction of sp³-hybridized carbons (Fsp3) is 0.250. The van der Waals surface area contributed by atoms with Crippen LogP contribution in [0.4, 0.5) is 0 Å². The number of aromatic nitrogens is 5. The average Bonchev–Trinajstić information content (AvgIpc) is 2.97. The van der Waals surface area contributed by atoms with Gasteiger partial charge in [-0.1, -0.05) is 5.21 Å². The molecular weight excluding hydrogens is 230 g/mol. The highest BCUT2D eigenvalue weighted by molar-refractivity contribution is 5.67. The summed E-state index contributed by atoms with van der Waals surface area (Å²) in [5.74, 6) is 0.184. The lowest BCUT2D eigenvalue weighted by molar-refractivity contribution is 0.478. The lowest BCUT2D eigenvalue weighted by Gasteiger charge is -2.02. The highest BCUT2D eigenvalue weighted by Gasteiger charge is 2.09. The molecule has 0 aliphatic carbocycles. The molecule has 0 unspecified atom stereocenters. The van der Waals surface area contributed by atoms with Gasteiger partial charge in [-0.2, -0.15) is 5.10 Å². The molecule has 0 saturated carbocycles. The van der Waals surface area contributed by atoms with Crippen molar-refractivity contribution in [3.63, 3.8) is 0 Å². The van der Waals surface area contributed by atoms with Crippen LogP contribution in [-0.2, 0) is 0 Å². The summed E-state index contributed by atoms with van der Waals surface area (Å²) in [7, 11) is 0. The number of fused-ring (bicyclic) bond motifs is 1. The van der Waals surface area contributed by atoms with Crippen molar-refractivity contribution in [2.24, 2.45) is 0 Å². The number of hydrogen-bond donors (Lipinski definition) is 1. The highest BCUT2D eigenvalue weighted by Crippen LogP contribution is 2.25. The molecule has 6 heteroatoms. The van der Waals surface area contributed by atoms with E-state index in [0.717, 1.165) is 11.3 Å². The van der Waals surface area contributed by atoms with Crippen LogP contribution in [0, 0.1) is 0 Å². The molecule has 92 valence electrons. The van der Waals surface area contributed by atoms with E-state index in [4.69, 9.17) is 0 Å². The molecule has 0 aliphatic heterocycles. The van der Waals surface area contributed by atoms with E-state index in [1.54, 1.807) is 27.5 Å². The van der Waals surface area contributed by atoms with Gasteiger partial charge in [-0.15, -0.1) is 5.10 Å². The van der Waals surface area contributed by atoms with Gasteiger partial charge in [-0.25, -0.2) is 9.20 Å². The molecule has 0 amide bonds. The van der Waals surface area contributed by atoms with E-state index in [2.05, 4.69) is 15.4 Å². The minimum absolute atomic E-state index is 0.184. The molecule has 0 spiro atoms. The van der Waals surface area contributed by atoms with Crippen LogP contribution in [0.5, 0.6) is 5.75 Å². The fourth-order valence-corrected chi connectivity index (χ4v) is 1.81. The van der Waals surface area contributed by atoms with E-state index in [1.807, 2.05) is 26.2 Å². The molecule has 6 nitrogen and oxygen atoms in total. The van der Waals surface area contributed by atoms with Crippen LogP contribution in [0.3, 0.4) is 0 Å². The molecule has 0 atom stereocenters. The summed E-state index contributed by atoms with van der Waals surface area (Å²) in [6, 6.07) is 3.68. The fourth-order valence-electron chi connectivity index (χ4n) is 1.81. The average molecular weight is 243 g/mol. The first-order chi connectivity index (χ1) is 8.65. The molecule has 0 aromatic carbocycles. The van der Waals surface area contributed by atoms with Gasteiger partial charge < -0.3 is 5.11 Å². The quantitative estimate of drug-likeness (QED) is 0.746. The third kappa shape index (κ3) is 1.62. The van der Waals surface area contributed by atoms with E-state index in [9.17, 15) is 5.11 Å². The molecule has 3 aromatic heterocycles. The normalized spacial score (nSPS) is 11.5. The van der Waals surface area contributed by atoms with Gasteiger partial charge in [0, 0.05) is 17.8 Å². The minimum atomic E-state index is 0.184. The second-order valence-electron chi connectivity index (χ2n) is 4.45. The van der Waals surface area contributed by atoms with E-state index < -0.39 is 0 Å². The Hall–Kier alpha value is -2.37. The lowest BCUT2D eigenvalue weighted by Crippen LogP contribution is -2.00. The zero-order valence-electron chi connectivity index (χ0n) is 10.1. The van der Waals surface area contributed by atoms with Crippen LogP contribution in [0.2, 0.25) is 0 Å². The molecule has 0 aliphatic rings. The number of pyridine rings is 1. The van der Waals surface area contributed by atoms with E-state index in [0.29, 0.717) is 5.52 Å². The molecule has 0 saturated heterocycles. The monoisotopic (exact) mass is 243 g/mol. The summed E-state index contributed by atoms with van der Waals surface area (Å²) in [4.78, 5) is 0. The van der Waals surface area contributed by atoms with Crippen molar-refractivity contribution in [2.45, 2.75) is 19.9 Å². The minimum Gasteiger partial charge on any atom is -0.506 e. The Morgan fingerprint density at radius 3 is 2.83 bits per heavy atom. The van der Waals surface area contributed by atoms with Crippen LogP contribution < -0.4 is 0 Å². The molecule has 18 heavy (non-hydrogen) atoms. The summed E-state index contributed by atoms with van der Waals surface area (Å²) in [6.07, 6.45) is 5.32. The number of rotatable bonds is 2. The van der Waals surface area contributed by atoms with Crippen LogP contribution in [0.1, 0.15) is 19.9 Å². The van der Waals surface area contributed by atoms with Crippen molar-refractivity contribution in [3.8, 4) is 17.0 Å². The van der Waals surface area contributed by atoms with Crippen LogP contribution in [-0.4, -0.2) is 29.7 Å². The molecule has 1 N–H and O–H groups in total. The first kappa shape index (κ1) is 10.8. The van der Waals surface area contributed by atoms with Crippen LogP contribution >= 0.6 is 0 Å². The SMILES string of the molecule is CC(C)n1cc(-c2cc(O)c3ccnn3c2)nn1. The van der Waals surface area contributed by atoms with Crippen LogP contribution in [0.25, 0.3) is 16.8 Å². The molecule has 3 rings (SSSR count). The van der Waals surface area contributed by atoms with Gasteiger partial charge in [0.15, 0.2) is 0 Å². The Bertz CT molecular complexity index is 697. The summed E-state index contributed by atoms with van der Waals surface area (Å²) in [5, 5.41) is 22.2. The van der Waals surface area contributed by atoms with Crippen molar-refractivity contribution < 1.29 is 5.11 Å². The van der Waals surface area contributed by atoms with E-state index in [-0.39, 0.29) is 11.8 Å². The summed E-state index contributed by atoms with van der Waals surface area (Å²) >= 11 is 0. The maximum atomic E-state index is 9.90. The maximum absolute atomic E-state index is 9.90. The standard InChI is InChI=1S/C12H13N5O/c1-8(2)16-7-10(14-15-16)9-5-12(18)11-3-4-13-17(11)6-9/h3-8,18H,1-2H3. The smallest absolute Gasteiger partial charge is 0.142 e. The van der Waals surface area contributed by atoms with Gasteiger partial charge in [0.05, 0.1) is 12.4 Å². The predicted octanol–water partition coefficient (Wildman–Crippen LogP) is 1.88. The Morgan fingerprint density at radius 1 is 1.28 bits per heavy atom. The number of hydrogen-bond acceptors (Lipinski definition) is 4. The Balaban J connectivity index is 2.12. The van der Waals surface area contributed by atoms with Crippen molar-refractivity contribution in [2.75, 3.05) is 0 Å². The van der Waals surface area contributed by atoms with E-state index >= 15 is 0 Å². The largest absolute Gasteiger partial charge is 0.506 e. The van der Waals surface area contributed by atoms with Gasteiger partial charge in [-0.05, 0) is 26.0 Å². The first-order valence-corrected chi connectivity index (χ1v) is 5.74. The zero-order chi connectivity index (χ0) is 12.7. The Labute approximate surface area is 103 Å². The molecule has 0 bridgehead atoms. The van der Waals surface area contributed by atoms with Crippen molar-refractivity contribution in [1.29, 1.82) is 0 Å². The topological polar surface area (TPSA) is 68.2 Å². The van der Waals surface area contributed by atoms with Crippen molar-refractivity contribution in [3.05, 3.63) is 30.7 Å². The second kappa shape index (κ2) is 3.83. The van der Waals surface area contributed by atoms with Gasteiger partial charge in [-0.3, -0.25) is 0 Å². The maximum Gasteiger partial charge on any atom is 0.142 e. The lowest BCUT2D eigenvalue weighted by atomic mass is 10.2. The zero-order valence-corrected chi connectivity index (χ0v) is 10.1. The number of nitrogens with zero attached hydrogens (tertiary/aromatic N) is 5. The Kier molecular flexibility index (Phi) is 2.29. The molecule has 3 aromatic rings. The second-order valence-corrected chi connectivity index (χ2v) is 4.45. The third-order valence-electron chi connectivity index (χ3n) is 2.82. The number of aromatic hydroxyl groups is 1. The molecule has 0 fully saturated rings. The summed E-state index contributed by atoms with van der Waals surface area (Å²) < 4.78 is 3.40. The molecule has 3 heterocycles. The first-order valence-electron chi connectivity index (χ1n) is 5.74.